The summed E-state index contributed by atoms with van der Waals surface area (Å²) in [6, 6.07) is 6.70. The number of piperazine rings is 1. The van der Waals surface area contributed by atoms with Crippen LogP contribution in [-0.2, 0) is 0 Å². The third-order valence-corrected chi connectivity index (χ3v) is 8.99. The molecule has 3 aliphatic rings. The van der Waals surface area contributed by atoms with Gasteiger partial charge in [0.05, 0.1) is 7.11 Å². The number of aromatic nitrogens is 3. The monoisotopic (exact) mass is 496 g/mol. The van der Waals surface area contributed by atoms with Crippen LogP contribution in [0, 0.1) is 0 Å². The molecule has 3 fully saturated rings. The molecule has 0 bridgehead atoms. The van der Waals surface area contributed by atoms with Crippen LogP contribution in [-0.4, -0.2) is 70.0 Å². The normalized spacial score (nSPS) is 20.7. The molecule has 1 aliphatic heterocycles. The Balaban J connectivity index is 1.26. The zero-order valence-corrected chi connectivity index (χ0v) is 21.4. The van der Waals surface area contributed by atoms with Crippen LogP contribution in [0.25, 0.3) is 16.2 Å². The van der Waals surface area contributed by atoms with Crippen molar-refractivity contribution in [3.05, 3.63) is 18.2 Å². The summed E-state index contributed by atoms with van der Waals surface area (Å²) >= 11 is 1.66. The van der Waals surface area contributed by atoms with Crippen molar-refractivity contribution in [1.29, 1.82) is 0 Å². The second-order valence-electron chi connectivity index (χ2n) is 10.2. The van der Waals surface area contributed by atoms with Crippen LogP contribution >= 0.6 is 11.3 Å². The third-order valence-electron chi connectivity index (χ3n) is 8.02. The van der Waals surface area contributed by atoms with E-state index in [-0.39, 0.29) is 5.75 Å². The average Bonchev–Trinajstić information content (AvgIpc) is 3.63. The zero-order valence-electron chi connectivity index (χ0n) is 20.6. The second kappa shape index (κ2) is 9.85. The number of phenols is 1. The summed E-state index contributed by atoms with van der Waals surface area (Å²) in [5.41, 5.74) is 1.70. The van der Waals surface area contributed by atoms with Crippen LogP contribution in [0.5, 0.6) is 11.5 Å². The molecule has 0 amide bonds. The van der Waals surface area contributed by atoms with Gasteiger partial charge in [0, 0.05) is 43.8 Å². The zero-order chi connectivity index (χ0) is 23.8. The lowest BCUT2D eigenvalue weighted by atomic mass is 9.94. The number of phenolic OH excluding ortho intramolecular Hbond substituents is 1. The molecule has 1 saturated heterocycles. The summed E-state index contributed by atoms with van der Waals surface area (Å²) in [5.74, 6) is 1.52. The molecule has 0 atom stereocenters. The molecule has 2 aromatic heterocycles. The Hall–Kier alpha value is -2.52. The molecule has 0 unspecified atom stereocenters. The Morgan fingerprint density at radius 1 is 1.00 bits per heavy atom. The third kappa shape index (κ3) is 4.56. The molecule has 3 heterocycles. The van der Waals surface area contributed by atoms with Gasteiger partial charge in [-0.2, -0.15) is 4.52 Å². The predicted molar refractivity (Wildman–Crippen MR) is 141 cm³/mol. The summed E-state index contributed by atoms with van der Waals surface area (Å²) in [6.07, 6.45) is 11.8. The van der Waals surface area contributed by atoms with Crippen LogP contribution in [0.1, 0.15) is 57.8 Å². The van der Waals surface area contributed by atoms with Gasteiger partial charge in [-0.15, -0.1) is 5.10 Å². The maximum Gasteiger partial charge on any atom is 0.216 e. The van der Waals surface area contributed by atoms with Crippen molar-refractivity contribution in [2.24, 2.45) is 0 Å². The first-order valence-corrected chi connectivity index (χ1v) is 14.0. The molecule has 2 saturated carbocycles. The van der Waals surface area contributed by atoms with Crippen molar-refractivity contribution in [3.63, 3.8) is 0 Å². The highest BCUT2D eigenvalue weighted by atomic mass is 32.1. The summed E-state index contributed by atoms with van der Waals surface area (Å²) in [5, 5.41) is 20.2. The van der Waals surface area contributed by atoms with Crippen molar-refractivity contribution in [2.45, 2.75) is 69.9 Å². The Morgan fingerprint density at radius 2 is 1.74 bits per heavy atom. The summed E-state index contributed by atoms with van der Waals surface area (Å²) < 4.78 is 7.22. The lowest BCUT2D eigenvalue weighted by Crippen LogP contribution is -2.50. The van der Waals surface area contributed by atoms with E-state index >= 15 is 0 Å². The highest BCUT2D eigenvalue weighted by molar-refractivity contribution is 7.20. The number of fused-ring (bicyclic) bond motifs is 1. The van der Waals surface area contributed by atoms with E-state index in [1.165, 1.54) is 57.8 Å². The number of hydrogen-bond donors (Lipinski definition) is 2. The predicted octanol–water partition coefficient (Wildman–Crippen LogP) is 4.98. The lowest BCUT2D eigenvalue weighted by molar-refractivity contribution is 0.148. The second-order valence-corrected chi connectivity index (χ2v) is 11.1. The molecule has 9 heteroatoms. The molecule has 1 aromatic carbocycles. The minimum absolute atomic E-state index is 0.123. The van der Waals surface area contributed by atoms with Gasteiger partial charge in [-0.05, 0) is 43.9 Å². The van der Waals surface area contributed by atoms with Crippen molar-refractivity contribution < 1.29 is 9.84 Å². The molecule has 6 rings (SSSR count). The van der Waals surface area contributed by atoms with E-state index in [1.807, 2.05) is 10.6 Å². The fraction of sp³-hybridized carbons (Fsp3) is 0.615. The maximum absolute atomic E-state index is 10.4. The first-order chi connectivity index (χ1) is 17.2. The van der Waals surface area contributed by atoms with Gasteiger partial charge in [-0.3, -0.25) is 4.90 Å². The Labute approximate surface area is 210 Å². The van der Waals surface area contributed by atoms with Crippen molar-refractivity contribution in [1.82, 2.24) is 19.5 Å². The Morgan fingerprint density at radius 3 is 2.46 bits per heavy atom. The van der Waals surface area contributed by atoms with E-state index in [4.69, 9.17) is 14.8 Å². The smallest absolute Gasteiger partial charge is 0.216 e. The van der Waals surface area contributed by atoms with Gasteiger partial charge in [-0.25, -0.2) is 4.98 Å². The molecule has 2 aliphatic carbocycles. The highest BCUT2D eigenvalue weighted by Gasteiger charge is 2.28. The topological polar surface area (TPSA) is 78.2 Å². The quantitative estimate of drug-likeness (QED) is 0.498. The summed E-state index contributed by atoms with van der Waals surface area (Å²) in [6.45, 7) is 4.29. The van der Waals surface area contributed by atoms with Gasteiger partial charge in [-0.1, -0.05) is 43.4 Å². The maximum atomic E-state index is 10.4. The van der Waals surface area contributed by atoms with E-state index in [9.17, 15) is 5.11 Å². The molecular weight excluding hydrogens is 460 g/mol. The number of nitrogens with one attached hydrogen (secondary N) is 1. The summed E-state index contributed by atoms with van der Waals surface area (Å²) in [4.78, 5) is 11.0. The standard InChI is InChI=1S/C26H36N6O2S/c1-34-22-12-11-18(17-21(22)33)23-24(27-19-7-5-6-8-19)32-25(28-23)35-26(29-32)31-15-13-30(14-16-31)20-9-3-2-4-10-20/h11-12,17,19-20,27,33H,2-10,13-16H2,1H3. The fourth-order valence-electron chi connectivity index (χ4n) is 6.02. The van der Waals surface area contributed by atoms with E-state index in [0.717, 1.165) is 59.4 Å². The number of hydrogen-bond acceptors (Lipinski definition) is 8. The highest BCUT2D eigenvalue weighted by Crippen LogP contribution is 2.38. The Kier molecular flexibility index (Phi) is 6.45. The van der Waals surface area contributed by atoms with Crippen LogP contribution in [0.2, 0.25) is 0 Å². The molecule has 0 spiro atoms. The van der Waals surface area contributed by atoms with Crippen LogP contribution in [0.15, 0.2) is 18.2 Å². The Bertz CT molecular complexity index is 1160. The van der Waals surface area contributed by atoms with Gasteiger partial charge >= 0.3 is 0 Å². The molecule has 8 nitrogen and oxygen atoms in total. The first-order valence-electron chi connectivity index (χ1n) is 13.2. The largest absolute Gasteiger partial charge is 0.504 e. The molecule has 35 heavy (non-hydrogen) atoms. The minimum atomic E-state index is 0.123. The van der Waals surface area contributed by atoms with Gasteiger partial charge in [0.15, 0.2) is 17.3 Å². The number of methoxy groups -OCH3 is 1. The van der Waals surface area contributed by atoms with E-state index in [0.29, 0.717) is 11.8 Å². The van der Waals surface area contributed by atoms with Gasteiger partial charge < -0.3 is 20.1 Å². The van der Waals surface area contributed by atoms with Crippen molar-refractivity contribution in [2.75, 3.05) is 43.5 Å². The van der Waals surface area contributed by atoms with Crippen LogP contribution in [0.4, 0.5) is 10.9 Å². The fourth-order valence-corrected chi connectivity index (χ4v) is 6.98. The molecular formula is C26H36N6O2S. The van der Waals surface area contributed by atoms with E-state index in [1.54, 1.807) is 30.6 Å². The lowest BCUT2D eigenvalue weighted by Gasteiger charge is -2.40. The first kappa shape index (κ1) is 22.9. The molecule has 0 radical (unpaired) electrons. The number of anilines is 2. The van der Waals surface area contributed by atoms with Gasteiger partial charge in [0.2, 0.25) is 10.1 Å². The number of imidazole rings is 1. The number of rotatable bonds is 6. The van der Waals surface area contributed by atoms with Gasteiger partial charge in [0.1, 0.15) is 5.69 Å². The average molecular weight is 497 g/mol. The SMILES string of the molecule is COc1ccc(-c2nc3sc(N4CCN(C5CCCCC5)CC4)nn3c2NC2CCCC2)cc1O. The van der Waals surface area contributed by atoms with Gasteiger partial charge in [0.25, 0.3) is 0 Å². The van der Waals surface area contributed by atoms with Crippen molar-refractivity contribution in [3.8, 4) is 22.8 Å². The number of benzene rings is 1. The summed E-state index contributed by atoms with van der Waals surface area (Å²) in [7, 11) is 1.56. The number of aromatic hydroxyl groups is 1. The number of ether oxygens (including phenoxy) is 1. The van der Waals surface area contributed by atoms with Crippen molar-refractivity contribution >= 4 is 27.2 Å². The molecule has 188 valence electrons. The van der Waals surface area contributed by atoms with E-state index in [2.05, 4.69) is 15.1 Å². The molecule has 3 aromatic rings. The van der Waals surface area contributed by atoms with E-state index < -0.39 is 0 Å². The molecule has 2 N–H and O–H groups in total. The minimum Gasteiger partial charge on any atom is -0.504 e. The van der Waals surface area contributed by atoms with Crippen LogP contribution in [0.3, 0.4) is 0 Å². The van der Waals surface area contributed by atoms with Crippen LogP contribution < -0.4 is 15.0 Å². The number of nitrogens with zero attached hydrogens (tertiary/aromatic N) is 5.